The van der Waals surface area contributed by atoms with Crippen LogP contribution in [0.25, 0.3) is 67.3 Å². The number of amides is 3. The standard InChI is InChI=1S/C22H26ClF3N6O.C20H20ClF3N6O.C20H20ClN7O.3H2/c1-4-5-8-32(18(13(2)3)21(33)30-12-22(24,25)26)17-6-7-27-20(31-17)16-11-29-19-15(16)9-14(23)10-28-19;1-11(19(31)28-10-20(22,23)24)30(9-12-2-3-12)16-4-5-25-18(29-16)15-8-27-17-14(15)6-13(21)7-26-17;1-2-6-24-20(29)16-4-3-13(9-22)28(16)17-5-7-23-19(27-17)15-11-26-18-14(15)8-12(21)10-25-18;;;/h6-7,9-11,13,18H,4-5,8,12H2,1-3H3,(H,28,29)(H,30,33);4-8,11-12H,2-3,9-10H2,1H3,(H,26,27)(H,28,31);5,7-8,10-11,13,16H,2-4,6H2,1H3,(H,24,29)(H,25,26);3*1H/t18-;11-;13-,16-;;;/m111.../s1. The number of rotatable bonds is 21. The molecule has 1 aliphatic carbocycles. The fraction of sp³-hybridized carbons (Fsp3) is 0.403. The van der Waals surface area contributed by atoms with Gasteiger partial charge in [-0.25, -0.2) is 44.9 Å². The molecule has 0 bridgehead atoms. The van der Waals surface area contributed by atoms with Crippen LogP contribution in [0.5, 0.6) is 0 Å². The molecular formula is C62H72Cl3F6N19O3. The molecule has 0 radical (unpaired) electrons. The van der Waals surface area contributed by atoms with E-state index >= 15 is 0 Å². The van der Waals surface area contributed by atoms with Crippen molar-refractivity contribution < 1.29 is 45.0 Å². The van der Waals surface area contributed by atoms with Crippen LogP contribution in [0, 0.1) is 23.2 Å². The molecule has 496 valence electrons. The summed E-state index contributed by atoms with van der Waals surface area (Å²) in [4.78, 5) is 92.1. The Morgan fingerprint density at radius 2 is 1.13 bits per heavy atom. The Kier molecular flexibility index (Phi) is 22.2. The first kappa shape index (κ1) is 68.4. The van der Waals surface area contributed by atoms with Gasteiger partial charge in [0.25, 0.3) is 0 Å². The predicted molar refractivity (Wildman–Crippen MR) is 349 cm³/mol. The molecule has 0 unspecified atom stereocenters. The lowest BCUT2D eigenvalue weighted by atomic mass is 10.0. The maximum Gasteiger partial charge on any atom is 0.405 e. The Hall–Kier alpha value is -8.94. The van der Waals surface area contributed by atoms with Gasteiger partial charge >= 0.3 is 12.4 Å². The molecule has 11 rings (SSSR count). The second-order valence-electron chi connectivity index (χ2n) is 22.6. The van der Waals surface area contributed by atoms with Crippen LogP contribution in [0.3, 0.4) is 0 Å². The third kappa shape index (κ3) is 17.4. The number of alkyl halides is 6. The van der Waals surface area contributed by atoms with Crippen molar-refractivity contribution in [1.29, 1.82) is 5.26 Å². The normalized spacial score (nSPS) is 15.4. The first-order valence-corrected chi connectivity index (χ1v) is 31.1. The van der Waals surface area contributed by atoms with Gasteiger partial charge in [0.15, 0.2) is 17.5 Å². The van der Waals surface area contributed by atoms with Gasteiger partial charge < -0.3 is 45.6 Å². The van der Waals surface area contributed by atoms with E-state index in [9.17, 15) is 46.0 Å². The minimum absolute atomic E-state index is 0. The molecule has 4 atom stereocenters. The lowest BCUT2D eigenvalue weighted by Gasteiger charge is -2.34. The smallest absolute Gasteiger partial charge is 0.354 e. The van der Waals surface area contributed by atoms with Crippen LogP contribution in [0.15, 0.2) is 92.2 Å². The number of carbonyl (C=O) groups is 3. The highest BCUT2D eigenvalue weighted by Gasteiger charge is 2.40. The molecule has 9 aromatic heterocycles. The maximum atomic E-state index is 12.8. The average molecular weight is 1350 g/mol. The molecule has 31 heteroatoms. The highest BCUT2D eigenvalue weighted by atomic mass is 35.5. The van der Waals surface area contributed by atoms with Crippen molar-refractivity contribution in [3.8, 4) is 40.2 Å². The van der Waals surface area contributed by atoms with E-state index < -0.39 is 61.4 Å². The summed E-state index contributed by atoms with van der Waals surface area (Å²) in [6.07, 6.45) is 11.4. The first-order valence-electron chi connectivity index (χ1n) is 30.0. The average Bonchev–Trinajstić information content (AvgIpc) is 1.61. The van der Waals surface area contributed by atoms with Crippen LogP contribution in [-0.2, 0) is 14.4 Å². The van der Waals surface area contributed by atoms with E-state index in [1.807, 2.05) is 24.5 Å². The SMILES string of the molecule is CCCCN(c1ccnc(-c2c[nH]c3ncc(Cl)cc23)n1)[C@@H](C(=O)NCC(F)(F)F)C(C)C.CCCNC(=O)[C@H]1CC[C@H](C#N)N1c1ccnc(-c2c[nH]c3ncc(Cl)cc23)n1.C[C@H](C(=O)NCC(F)(F)F)N(CC1CC1)c1ccnc(-c2c[nH]c3ncc(Cl)cc23)n1.[HH].[HH].[HH]. The molecule has 10 heterocycles. The van der Waals surface area contributed by atoms with Gasteiger partial charge in [-0.15, -0.1) is 0 Å². The van der Waals surface area contributed by atoms with E-state index in [-0.39, 0.29) is 16.1 Å². The number of anilines is 3. The van der Waals surface area contributed by atoms with Crippen molar-refractivity contribution in [2.75, 3.05) is 47.4 Å². The molecule has 6 N–H and O–H groups in total. The number of fused-ring (bicyclic) bond motifs is 3. The van der Waals surface area contributed by atoms with Gasteiger partial charge in [0.05, 0.1) is 21.1 Å². The van der Waals surface area contributed by atoms with Crippen molar-refractivity contribution in [2.24, 2.45) is 11.8 Å². The summed E-state index contributed by atoms with van der Waals surface area (Å²) < 4.78 is 75.7. The third-order valence-corrected chi connectivity index (χ3v) is 15.9. The Bertz CT molecular complexity index is 4140. The van der Waals surface area contributed by atoms with E-state index in [0.717, 1.165) is 53.8 Å². The summed E-state index contributed by atoms with van der Waals surface area (Å²) in [7, 11) is 0. The van der Waals surface area contributed by atoms with Gasteiger partial charge in [-0.1, -0.05) is 68.9 Å². The summed E-state index contributed by atoms with van der Waals surface area (Å²) in [6, 6.07) is 10.2. The second-order valence-corrected chi connectivity index (χ2v) is 23.9. The minimum atomic E-state index is -4.49. The summed E-state index contributed by atoms with van der Waals surface area (Å²) >= 11 is 18.3. The number of pyridine rings is 3. The molecule has 93 heavy (non-hydrogen) atoms. The number of aromatic amines is 3. The lowest BCUT2D eigenvalue weighted by Crippen LogP contribution is -2.52. The van der Waals surface area contributed by atoms with Crippen molar-refractivity contribution in [3.63, 3.8) is 0 Å². The number of unbranched alkanes of at least 4 members (excludes halogenated alkanes) is 1. The minimum Gasteiger partial charge on any atom is -0.354 e. The van der Waals surface area contributed by atoms with Crippen molar-refractivity contribution >= 4 is 103 Å². The molecule has 3 amide bonds. The summed E-state index contributed by atoms with van der Waals surface area (Å²) in [5, 5.41) is 20.3. The zero-order chi connectivity index (χ0) is 66.7. The van der Waals surface area contributed by atoms with Crippen LogP contribution < -0.4 is 30.7 Å². The number of H-pyrrole nitrogens is 3. The Morgan fingerprint density at radius 1 is 0.656 bits per heavy atom. The topological polar surface area (TPSA) is 284 Å². The largest absolute Gasteiger partial charge is 0.405 e. The number of hydrogen-bond donors (Lipinski definition) is 6. The van der Waals surface area contributed by atoms with Gasteiger partial charge in [-0.2, -0.15) is 31.6 Å². The van der Waals surface area contributed by atoms with Gasteiger partial charge in [0.2, 0.25) is 17.7 Å². The van der Waals surface area contributed by atoms with Gasteiger partial charge in [-0.05, 0) is 93.7 Å². The summed E-state index contributed by atoms with van der Waals surface area (Å²) in [5.41, 5.74) is 4.07. The lowest BCUT2D eigenvalue weighted by molar-refractivity contribution is -0.139. The molecule has 1 saturated carbocycles. The number of carbonyl (C=O) groups excluding carboxylic acids is 3. The molecule has 9 aromatic rings. The highest BCUT2D eigenvalue weighted by molar-refractivity contribution is 6.32. The van der Waals surface area contributed by atoms with Gasteiger partial charge in [0, 0.05) is 113 Å². The molecule has 0 aromatic carbocycles. The van der Waals surface area contributed by atoms with Crippen LogP contribution in [0.2, 0.25) is 15.1 Å². The number of nitrogens with one attached hydrogen (secondary N) is 6. The van der Waals surface area contributed by atoms with Gasteiger partial charge in [0.1, 0.15) is 71.7 Å². The summed E-state index contributed by atoms with van der Waals surface area (Å²) in [5.74, 6) is 1.40. The Balaban J connectivity index is 0.000000225. The molecular weight excluding hydrogens is 1280 g/mol. The third-order valence-electron chi connectivity index (χ3n) is 15.3. The van der Waals surface area contributed by atoms with Gasteiger partial charge in [-0.3, -0.25) is 14.4 Å². The highest BCUT2D eigenvalue weighted by Crippen LogP contribution is 2.36. The zero-order valence-electron chi connectivity index (χ0n) is 51.0. The van der Waals surface area contributed by atoms with Crippen LogP contribution in [0.4, 0.5) is 43.8 Å². The van der Waals surface area contributed by atoms with E-state index in [1.165, 1.54) is 12.4 Å². The number of hydrogen-bond acceptors (Lipinski definition) is 16. The first-order chi connectivity index (χ1) is 44.4. The second kappa shape index (κ2) is 30.2. The number of nitrogens with zero attached hydrogens (tertiary/aromatic N) is 13. The number of halogens is 9. The fourth-order valence-corrected chi connectivity index (χ4v) is 11.1. The predicted octanol–water partition coefficient (Wildman–Crippen LogP) is 12.7. The van der Waals surface area contributed by atoms with Crippen LogP contribution >= 0.6 is 34.8 Å². The Labute approximate surface area is 549 Å². The molecule has 1 saturated heterocycles. The molecule has 2 aliphatic rings. The molecule has 2 fully saturated rings. The summed E-state index contributed by atoms with van der Waals surface area (Å²) in [6.45, 7) is 8.02. The zero-order valence-corrected chi connectivity index (χ0v) is 53.3. The molecule has 1 aliphatic heterocycles. The molecule has 0 spiro atoms. The van der Waals surface area contributed by atoms with Crippen molar-refractivity contribution in [1.82, 2.24) is 75.8 Å². The monoisotopic (exact) mass is 1350 g/mol. The maximum absolute atomic E-state index is 12.8. The fourth-order valence-electron chi connectivity index (χ4n) is 10.6. The van der Waals surface area contributed by atoms with Crippen molar-refractivity contribution in [3.05, 3.63) is 107 Å². The number of aromatic nitrogens is 12. The van der Waals surface area contributed by atoms with E-state index in [2.05, 4.69) is 71.2 Å². The van der Waals surface area contributed by atoms with Crippen LogP contribution in [0.1, 0.15) is 83.8 Å². The Morgan fingerprint density at radius 3 is 1.58 bits per heavy atom. The van der Waals surface area contributed by atoms with E-state index in [1.54, 1.807) is 115 Å². The van der Waals surface area contributed by atoms with Crippen LogP contribution in [-0.4, -0.2) is 147 Å². The van der Waals surface area contributed by atoms with Crippen molar-refractivity contribution in [2.45, 2.75) is 116 Å². The van der Waals surface area contributed by atoms with E-state index in [4.69, 9.17) is 34.8 Å². The number of nitriles is 1. The molecule has 22 nitrogen and oxygen atoms in total. The quantitative estimate of drug-likeness (QED) is 0.0365. The van der Waals surface area contributed by atoms with E-state index in [0.29, 0.717) is 116 Å².